The first-order valence-corrected chi connectivity index (χ1v) is 17.5. The number of hydrogen-bond donors (Lipinski definition) is 2. The van der Waals surface area contributed by atoms with E-state index < -0.39 is 56.5 Å². The van der Waals surface area contributed by atoms with Gasteiger partial charge in [0.15, 0.2) is 8.32 Å². The number of rotatable bonds is 9. The maximum absolute atomic E-state index is 14.6. The van der Waals surface area contributed by atoms with Gasteiger partial charge in [0.25, 0.3) is 5.91 Å². The van der Waals surface area contributed by atoms with E-state index in [1.807, 2.05) is 0 Å². The van der Waals surface area contributed by atoms with Gasteiger partial charge in [-0.25, -0.2) is 13.8 Å². The lowest BCUT2D eigenvalue weighted by molar-refractivity contribution is -0.149. The number of benzene rings is 1. The molecule has 12 heteroatoms. The second-order valence-electron chi connectivity index (χ2n) is 13.1. The van der Waals surface area contributed by atoms with Gasteiger partial charge in [-0.1, -0.05) is 32.9 Å². The number of methoxy groups -OCH3 is 1. The molecule has 3 aromatic rings. The molecule has 1 aliphatic carbocycles. The number of aromatic nitrogens is 3. The molecule has 1 fully saturated rings. The fraction of sp³-hybridized carbons (Fsp3) is 0.548. The maximum Gasteiger partial charge on any atom is 0.250 e. The van der Waals surface area contributed by atoms with Gasteiger partial charge in [0.2, 0.25) is 11.8 Å². The van der Waals surface area contributed by atoms with Crippen LogP contribution >= 0.6 is 0 Å². The molecule has 2 aromatic heterocycles. The molecule has 1 aliphatic rings. The van der Waals surface area contributed by atoms with Gasteiger partial charge in [-0.2, -0.15) is 5.10 Å². The Kier molecular flexibility index (Phi) is 9.04. The number of nitrogens with one attached hydrogen (secondary N) is 2. The second-order valence-corrected chi connectivity index (χ2v) is 17.9. The van der Waals surface area contributed by atoms with Crippen molar-refractivity contribution in [2.75, 3.05) is 19.5 Å². The Morgan fingerprint density at radius 2 is 1.70 bits per heavy atom. The van der Waals surface area contributed by atoms with E-state index in [2.05, 4.69) is 54.4 Å². The van der Waals surface area contributed by atoms with E-state index in [0.717, 1.165) is 0 Å². The number of carbonyl (C=O) groups excluding carboxylic acids is 2. The highest BCUT2D eigenvalue weighted by Gasteiger charge is 2.52. The minimum absolute atomic E-state index is 0.0555. The fourth-order valence-electron chi connectivity index (χ4n) is 5.55. The highest BCUT2D eigenvalue weighted by molar-refractivity contribution is 6.74. The molecule has 2 heterocycles. The van der Waals surface area contributed by atoms with Crippen LogP contribution in [0.15, 0.2) is 42.6 Å². The van der Waals surface area contributed by atoms with Crippen molar-refractivity contribution in [3.63, 3.8) is 0 Å². The van der Waals surface area contributed by atoms with Gasteiger partial charge in [0.1, 0.15) is 23.1 Å². The van der Waals surface area contributed by atoms with Crippen LogP contribution in [-0.2, 0) is 19.4 Å². The average molecular weight is 616 g/mol. The smallest absolute Gasteiger partial charge is 0.250 e. The minimum atomic E-state index is -2.86. The second kappa shape index (κ2) is 12.0. The summed E-state index contributed by atoms with van der Waals surface area (Å²) < 4.78 is 40.8. The fourth-order valence-corrected chi connectivity index (χ4v) is 6.96. The highest BCUT2D eigenvalue weighted by Crippen LogP contribution is 2.47. The number of likely N-dealkylation sites (N-methyl/N-ethyl adjacent to an activating group) is 1. The van der Waals surface area contributed by atoms with Crippen molar-refractivity contribution in [1.29, 1.82) is 0 Å². The number of H-pyrrole nitrogens is 1. The van der Waals surface area contributed by atoms with Crippen LogP contribution in [-0.4, -0.2) is 72.4 Å². The SMILES string of the molecule is COc1ccc(C2(C(=O)N(C)[C@@H](C(=O)Nc3ccc4[nH]ncc4n3)[C@H](C)O[Si](C)(C)C(C)(C)C)CCC(F)(F)CC2)cc1. The lowest BCUT2D eigenvalue weighted by Gasteiger charge is -2.45. The summed E-state index contributed by atoms with van der Waals surface area (Å²) in [5, 5.41) is 9.51. The Balaban J connectivity index is 1.72. The predicted octanol–water partition coefficient (Wildman–Crippen LogP) is 6.29. The van der Waals surface area contributed by atoms with Crippen LogP contribution in [0, 0.1) is 0 Å². The molecule has 9 nitrogen and oxygen atoms in total. The van der Waals surface area contributed by atoms with Crippen LogP contribution in [0.3, 0.4) is 0 Å². The highest BCUT2D eigenvalue weighted by atomic mass is 28.4. The van der Waals surface area contributed by atoms with Gasteiger partial charge < -0.3 is 19.4 Å². The normalized spacial score (nSPS) is 18.1. The average Bonchev–Trinajstić information content (AvgIpc) is 3.40. The molecule has 2 amide bonds. The monoisotopic (exact) mass is 615 g/mol. The Morgan fingerprint density at radius 3 is 2.28 bits per heavy atom. The standard InChI is InChI=1S/C31H43F2N5O4Si/c1-20(42-43(7,8)29(2,3)4)26(27(39)36-25-14-13-23-24(35-25)19-34-37-23)38(5)28(40)30(15-17-31(32,33)18-16-30)21-9-11-22(41-6)12-10-21/h9-14,19-20,26H,15-18H2,1-8H3,(H,34,37)(H,35,36,39)/t20-,26+/m0/s1. The van der Waals surface area contributed by atoms with Gasteiger partial charge in [-0.05, 0) is 67.7 Å². The summed E-state index contributed by atoms with van der Waals surface area (Å²) in [6.45, 7) is 12.2. The zero-order valence-electron chi connectivity index (χ0n) is 26.3. The molecule has 0 saturated heterocycles. The van der Waals surface area contributed by atoms with E-state index in [1.165, 1.54) is 12.0 Å². The quantitative estimate of drug-likeness (QED) is 0.274. The Bertz CT molecular complexity index is 1440. The molecule has 2 N–H and O–H groups in total. The largest absolute Gasteiger partial charge is 0.497 e. The summed E-state index contributed by atoms with van der Waals surface area (Å²) >= 11 is 0. The first-order chi connectivity index (χ1) is 20.0. The van der Waals surface area contributed by atoms with E-state index in [0.29, 0.717) is 28.2 Å². The lowest BCUT2D eigenvalue weighted by Crippen LogP contribution is -2.59. The van der Waals surface area contributed by atoms with E-state index >= 15 is 0 Å². The molecule has 0 unspecified atom stereocenters. The topological polar surface area (TPSA) is 109 Å². The maximum atomic E-state index is 14.6. The summed E-state index contributed by atoms with van der Waals surface area (Å²) in [6, 6.07) is 9.29. The summed E-state index contributed by atoms with van der Waals surface area (Å²) in [4.78, 5) is 34.5. The first kappa shape index (κ1) is 32.5. The number of ether oxygens (including phenoxy) is 1. The number of alkyl halides is 2. The number of amides is 2. The summed E-state index contributed by atoms with van der Waals surface area (Å²) in [5.41, 5.74) is 0.661. The lowest BCUT2D eigenvalue weighted by atomic mass is 9.67. The van der Waals surface area contributed by atoms with E-state index in [1.54, 1.807) is 56.6 Å². The van der Waals surface area contributed by atoms with E-state index in [-0.39, 0.29) is 17.9 Å². The Morgan fingerprint density at radius 1 is 1.07 bits per heavy atom. The molecule has 234 valence electrons. The molecule has 1 aromatic carbocycles. The first-order valence-electron chi connectivity index (χ1n) is 14.6. The van der Waals surface area contributed by atoms with Crippen molar-refractivity contribution in [2.24, 2.45) is 0 Å². The zero-order chi connectivity index (χ0) is 31.8. The molecule has 0 bridgehead atoms. The van der Waals surface area contributed by atoms with Gasteiger partial charge in [0.05, 0.1) is 30.3 Å². The Hall–Kier alpha value is -3.38. The number of aromatic amines is 1. The van der Waals surface area contributed by atoms with Crippen molar-refractivity contribution >= 4 is 37.0 Å². The number of fused-ring (bicyclic) bond motifs is 1. The number of pyridine rings is 1. The van der Waals surface area contributed by atoms with Crippen LogP contribution in [0.25, 0.3) is 11.0 Å². The molecule has 43 heavy (non-hydrogen) atoms. The van der Waals surface area contributed by atoms with Gasteiger partial charge in [-0.15, -0.1) is 0 Å². The van der Waals surface area contributed by atoms with Crippen molar-refractivity contribution in [1.82, 2.24) is 20.1 Å². The van der Waals surface area contributed by atoms with Crippen LogP contribution in [0.4, 0.5) is 14.6 Å². The summed E-state index contributed by atoms with van der Waals surface area (Å²) in [6.07, 6.45) is -0.121. The predicted molar refractivity (Wildman–Crippen MR) is 165 cm³/mol. The van der Waals surface area contributed by atoms with Gasteiger partial charge in [0, 0.05) is 19.9 Å². The van der Waals surface area contributed by atoms with Crippen molar-refractivity contribution < 1.29 is 27.5 Å². The van der Waals surface area contributed by atoms with Crippen molar-refractivity contribution in [2.45, 2.75) is 95.0 Å². The van der Waals surface area contributed by atoms with Crippen molar-refractivity contribution in [3.8, 4) is 5.75 Å². The Labute approximate surface area is 252 Å². The van der Waals surface area contributed by atoms with Gasteiger partial charge >= 0.3 is 0 Å². The molecule has 2 atom stereocenters. The molecular weight excluding hydrogens is 572 g/mol. The third-order valence-corrected chi connectivity index (χ3v) is 13.7. The van der Waals surface area contributed by atoms with Crippen LogP contribution in [0.1, 0.15) is 58.9 Å². The third kappa shape index (κ3) is 6.74. The van der Waals surface area contributed by atoms with E-state index in [9.17, 15) is 18.4 Å². The number of nitrogens with zero attached hydrogens (tertiary/aromatic N) is 3. The van der Waals surface area contributed by atoms with Crippen LogP contribution in [0.5, 0.6) is 5.75 Å². The number of halogens is 2. The van der Waals surface area contributed by atoms with Gasteiger partial charge in [-0.3, -0.25) is 14.7 Å². The van der Waals surface area contributed by atoms with Crippen LogP contribution < -0.4 is 10.1 Å². The van der Waals surface area contributed by atoms with Crippen molar-refractivity contribution in [3.05, 3.63) is 48.2 Å². The number of anilines is 1. The molecule has 4 rings (SSSR count). The number of hydrogen-bond acceptors (Lipinski definition) is 6. The molecule has 0 radical (unpaired) electrons. The molecular formula is C31H43F2N5O4Si. The number of carbonyl (C=O) groups is 2. The summed E-state index contributed by atoms with van der Waals surface area (Å²) in [5.74, 6) is -2.86. The molecule has 0 aliphatic heterocycles. The zero-order valence-corrected chi connectivity index (χ0v) is 27.3. The minimum Gasteiger partial charge on any atom is -0.497 e. The third-order valence-electron chi connectivity index (χ3n) is 9.17. The molecule has 1 saturated carbocycles. The molecule has 0 spiro atoms. The summed E-state index contributed by atoms with van der Waals surface area (Å²) in [7, 11) is 0.710. The van der Waals surface area contributed by atoms with E-state index in [4.69, 9.17) is 9.16 Å². The van der Waals surface area contributed by atoms with Crippen LogP contribution in [0.2, 0.25) is 18.1 Å².